The van der Waals surface area contributed by atoms with Crippen LogP contribution in [0.2, 0.25) is 0 Å². The van der Waals surface area contributed by atoms with E-state index in [2.05, 4.69) is 35.8 Å². The first-order valence-electron chi connectivity index (χ1n) is 6.81. The number of hydrogen-bond acceptors (Lipinski definition) is 3. The predicted octanol–water partition coefficient (Wildman–Crippen LogP) is 3.05. The summed E-state index contributed by atoms with van der Waals surface area (Å²) in [4.78, 5) is 1.31. The molecule has 2 rings (SSSR count). The molecular formula is C15H23NOS. The van der Waals surface area contributed by atoms with E-state index in [-0.39, 0.29) is 6.10 Å². The summed E-state index contributed by atoms with van der Waals surface area (Å²) in [5.41, 5.74) is 1.32. The molecule has 1 fully saturated rings. The van der Waals surface area contributed by atoms with Crippen LogP contribution in [0.15, 0.2) is 29.2 Å². The number of aliphatic hydroxyl groups excluding tert-OH is 1. The monoisotopic (exact) mass is 265 g/mol. The van der Waals surface area contributed by atoms with Gasteiger partial charge in [-0.3, -0.25) is 0 Å². The molecule has 2 atom stereocenters. The fraction of sp³-hybridized carbons (Fsp3) is 0.600. The Labute approximate surface area is 114 Å². The first-order valence-corrected chi connectivity index (χ1v) is 8.04. The van der Waals surface area contributed by atoms with Gasteiger partial charge in [-0.25, -0.2) is 0 Å². The molecule has 1 aromatic rings. The fourth-order valence-electron chi connectivity index (χ4n) is 2.57. The van der Waals surface area contributed by atoms with Crippen LogP contribution < -0.4 is 5.32 Å². The average Bonchev–Trinajstić information content (AvgIpc) is 2.42. The highest BCUT2D eigenvalue weighted by atomic mass is 32.2. The zero-order valence-corrected chi connectivity index (χ0v) is 11.9. The van der Waals surface area contributed by atoms with Crippen molar-refractivity contribution in [3.63, 3.8) is 0 Å². The van der Waals surface area contributed by atoms with E-state index in [1.54, 1.807) is 11.8 Å². The molecule has 0 bridgehead atoms. The van der Waals surface area contributed by atoms with Gasteiger partial charge >= 0.3 is 0 Å². The van der Waals surface area contributed by atoms with Crippen molar-refractivity contribution < 1.29 is 5.11 Å². The molecule has 3 heteroatoms. The third-order valence-electron chi connectivity index (χ3n) is 3.76. The third kappa shape index (κ3) is 4.01. The lowest BCUT2D eigenvalue weighted by atomic mass is 9.86. The van der Waals surface area contributed by atoms with Crippen LogP contribution in [-0.4, -0.2) is 24.0 Å². The first-order chi connectivity index (χ1) is 8.79. The van der Waals surface area contributed by atoms with Crippen LogP contribution >= 0.6 is 11.8 Å². The van der Waals surface area contributed by atoms with E-state index < -0.39 is 0 Å². The number of aliphatic hydroxyl groups is 1. The fourth-order valence-corrected chi connectivity index (χ4v) is 2.98. The molecule has 2 nitrogen and oxygen atoms in total. The van der Waals surface area contributed by atoms with Crippen LogP contribution in [0.5, 0.6) is 0 Å². The Hall–Kier alpha value is -0.510. The minimum absolute atomic E-state index is 0.0925. The molecule has 0 aromatic heterocycles. The van der Waals surface area contributed by atoms with E-state index >= 15 is 0 Å². The number of hydrogen-bond donors (Lipinski definition) is 2. The van der Waals surface area contributed by atoms with Crippen molar-refractivity contribution in [1.82, 2.24) is 5.32 Å². The summed E-state index contributed by atoms with van der Waals surface area (Å²) >= 11 is 1.77. The topological polar surface area (TPSA) is 32.3 Å². The van der Waals surface area contributed by atoms with Crippen LogP contribution in [0.25, 0.3) is 0 Å². The zero-order chi connectivity index (χ0) is 12.8. The second kappa shape index (κ2) is 7.17. The largest absolute Gasteiger partial charge is 0.393 e. The summed E-state index contributed by atoms with van der Waals surface area (Å²) in [6.45, 7) is 1.84. The van der Waals surface area contributed by atoms with Gasteiger partial charge in [0.25, 0.3) is 0 Å². The van der Waals surface area contributed by atoms with Gasteiger partial charge in [0.1, 0.15) is 0 Å². The number of nitrogens with one attached hydrogen (secondary N) is 1. The Balaban J connectivity index is 1.73. The van der Waals surface area contributed by atoms with Crippen molar-refractivity contribution in [3.8, 4) is 0 Å². The van der Waals surface area contributed by atoms with Crippen molar-refractivity contribution in [2.24, 2.45) is 5.92 Å². The van der Waals surface area contributed by atoms with Gasteiger partial charge < -0.3 is 10.4 Å². The number of rotatable bonds is 5. The van der Waals surface area contributed by atoms with Gasteiger partial charge in [-0.15, -0.1) is 11.8 Å². The lowest BCUT2D eigenvalue weighted by Gasteiger charge is -2.27. The summed E-state index contributed by atoms with van der Waals surface area (Å²) in [6.07, 6.45) is 6.61. The molecule has 0 aliphatic heterocycles. The Kier molecular flexibility index (Phi) is 5.54. The molecule has 18 heavy (non-hydrogen) atoms. The quantitative estimate of drug-likeness (QED) is 0.803. The summed E-state index contributed by atoms with van der Waals surface area (Å²) < 4.78 is 0. The molecule has 0 saturated heterocycles. The maximum Gasteiger partial charge on any atom is 0.0580 e. The molecule has 2 N–H and O–H groups in total. The molecule has 0 amide bonds. The van der Waals surface area contributed by atoms with Gasteiger partial charge in [0.2, 0.25) is 0 Å². The Bertz CT molecular complexity index is 352. The van der Waals surface area contributed by atoms with Crippen LogP contribution in [0, 0.1) is 5.92 Å². The van der Waals surface area contributed by atoms with Crippen molar-refractivity contribution in [3.05, 3.63) is 29.8 Å². The molecule has 0 heterocycles. The second-order valence-corrected chi connectivity index (χ2v) is 5.97. The van der Waals surface area contributed by atoms with Crippen LogP contribution in [0.3, 0.4) is 0 Å². The second-order valence-electron chi connectivity index (χ2n) is 5.09. The van der Waals surface area contributed by atoms with Gasteiger partial charge in [-0.05, 0) is 42.7 Å². The van der Waals surface area contributed by atoms with Crippen LogP contribution in [0.1, 0.15) is 31.2 Å². The maximum atomic E-state index is 9.89. The van der Waals surface area contributed by atoms with E-state index in [9.17, 15) is 5.11 Å². The SMILES string of the molecule is CSc1ccc(CNCC2CCCCC2O)cc1. The molecule has 1 aromatic carbocycles. The van der Waals surface area contributed by atoms with E-state index in [0.29, 0.717) is 5.92 Å². The molecule has 0 spiro atoms. The van der Waals surface area contributed by atoms with E-state index in [4.69, 9.17) is 0 Å². The molecule has 1 saturated carbocycles. The van der Waals surface area contributed by atoms with Gasteiger partial charge in [-0.1, -0.05) is 25.0 Å². The van der Waals surface area contributed by atoms with Gasteiger partial charge in [0.05, 0.1) is 6.10 Å². The van der Waals surface area contributed by atoms with Gasteiger partial charge in [-0.2, -0.15) is 0 Å². The zero-order valence-electron chi connectivity index (χ0n) is 11.1. The van der Waals surface area contributed by atoms with Crippen molar-refractivity contribution in [1.29, 1.82) is 0 Å². The molecule has 1 aliphatic carbocycles. The van der Waals surface area contributed by atoms with Crippen molar-refractivity contribution in [2.45, 2.75) is 43.2 Å². The highest BCUT2D eigenvalue weighted by Crippen LogP contribution is 2.23. The van der Waals surface area contributed by atoms with Crippen molar-refractivity contribution in [2.75, 3.05) is 12.8 Å². The molecule has 1 aliphatic rings. The first kappa shape index (κ1) is 13.9. The minimum Gasteiger partial charge on any atom is -0.393 e. The normalized spacial score (nSPS) is 24.1. The number of thioether (sulfide) groups is 1. The Morgan fingerprint density at radius 3 is 2.61 bits per heavy atom. The van der Waals surface area contributed by atoms with Gasteiger partial charge in [0.15, 0.2) is 0 Å². The summed E-state index contributed by atoms with van der Waals surface area (Å²) in [5.74, 6) is 0.448. The summed E-state index contributed by atoms with van der Waals surface area (Å²) in [6, 6.07) is 8.68. The highest BCUT2D eigenvalue weighted by Gasteiger charge is 2.22. The smallest absolute Gasteiger partial charge is 0.0580 e. The predicted molar refractivity (Wildman–Crippen MR) is 77.9 cm³/mol. The van der Waals surface area contributed by atoms with Crippen LogP contribution in [-0.2, 0) is 6.54 Å². The summed E-state index contributed by atoms with van der Waals surface area (Å²) in [7, 11) is 0. The maximum absolute atomic E-state index is 9.89. The van der Waals surface area contributed by atoms with E-state index in [0.717, 1.165) is 19.5 Å². The van der Waals surface area contributed by atoms with Crippen molar-refractivity contribution >= 4 is 11.8 Å². The molecular weight excluding hydrogens is 242 g/mol. The minimum atomic E-state index is -0.0925. The third-order valence-corrected chi connectivity index (χ3v) is 4.51. The average molecular weight is 265 g/mol. The van der Waals surface area contributed by atoms with Gasteiger partial charge in [0, 0.05) is 18.0 Å². The summed E-state index contributed by atoms with van der Waals surface area (Å²) in [5, 5.41) is 13.4. The highest BCUT2D eigenvalue weighted by molar-refractivity contribution is 7.98. The van der Waals surface area contributed by atoms with E-state index in [1.165, 1.54) is 29.7 Å². The van der Waals surface area contributed by atoms with Crippen LogP contribution in [0.4, 0.5) is 0 Å². The number of benzene rings is 1. The lowest BCUT2D eigenvalue weighted by molar-refractivity contribution is 0.0695. The molecule has 100 valence electrons. The standard InChI is InChI=1S/C15H23NOS/c1-18-14-8-6-12(7-9-14)10-16-11-13-4-2-3-5-15(13)17/h6-9,13,15-17H,2-5,10-11H2,1H3. The Morgan fingerprint density at radius 2 is 1.94 bits per heavy atom. The van der Waals surface area contributed by atoms with E-state index in [1.807, 2.05) is 0 Å². The lowest BCUT2D eigenvalue weighted by Crippen LogP contribution is -2.33. The molecule has 0 radical (unpaired) electrons. The molecule has 2 unspecified atom stereocenters. The Morgan fingerprint density at radius 1 is 1.22 bits per heavy atom.